The number of rotatable bonds is 4. The van der Waals surface area contributed by atoms with E-state index in [1.165, 1.54) is 0 Å². The van der Waals surface area contributed by atoms with E-state index in [2.05, 4.69) is 44.1 Å². The third kappa shape index (κ3) is 5.97. The quantitative estimate of drug-likeness (QED) is 0.281. The standard InChI is InChI=1S/C20H19IN4O3S/c1-11-2-3-14(10-16(11)21)18(27)23-20(29)25-24-19(28)13-6-8-15(9-7-13)22-17(26)12-4-5-12/h2-3,6-10,12H,4-5H2,1H3,(H,22,26)(H,24,28)(H2,23,25,27,29). The molecular formula is C20H19IN4O3S. The van der Waals surface area contributed by atoms with E-state index in [0.29, 0.717) is 16.8 Å². The molecule has 0 bridgehead atoms. The van der Waals surface area contributed by atoms with Gasteiger partial charge in [-0.25, -0.2) is 0 Å². The van der Waals surface area contributed by atoms with Gasteiger partial charge in [-0.2, -0.15) is 0 Å². The van der Waals surface area contributed by atoms with Crippen molar-refractivity contribution in [2.24, 2.45) is 5.92 Å². The van der Waals surface area contributed by atoms with Crippen LogP contribution in [0.4, 0.5) is 5.69 Å². The highest BCUT2D eigenvalue weighted by atomic mass is 127. The predicted molar refractivity (Wildman–Crippen MR) is 122 cm³/mol. The first-order valence-corrected chi connectivity index (χ1v) is 10.4. The molecule has 4 N–H and O–H groups in total. The molecule has 0 aliphatic heterocycles. The van der Waals surface area contributed by atoms with E-state index in [-0.39, 0.29) is 22.8 Å². The van der Waals surface area contributed by atoms with Crippen molar-refractivity contribution < 1.29 is 14.4 Å². The summed E-state index contributed by atoms with van der Waals surface area (Å²) >= 11 is 7.20. The molecule has 0 heterocycles. The van der Waals surface area contributed by atoms with Gasteiger partial charge in [-0.05, 0) is 96.5 Å². The first kappa shape index (κ1) is 21.2. The zero-order valence-electron chi connectivity index (χ0n) is 15.5. The Bertz CT molecular complexity index is 974. The van der Waals surface area contributed by atoms with Gasteiger partial charge in [0.05, 0.1) is 0 Å². The van der Waals surface area contributed by atoms with E-state index in [4.69, 9.17) is 12.2 Å². The number of carbonyl (C=O) groups excluding carboxylic acids is 3. The minimum absolute atomic E-state index is 0.00761. The second kappa shape index (κ2) is 9.31. The highest BCUT2D eigenvalue weighted by molar-refractivity contribution is 14.1. The van der Waals surface area contributed by atoms with Gasteiger partial charge < -0.3 is 5.32 Å². The molecule has 0 aromatic heterocycles. The zero-order valence-corrected chi connectivity index (χ0v) is 18.5. The SMILES string of the molecule is Cc1ccc(C(=O)NC(=S)NNC(=O)c2ccc(NC(=O)C3CC3)cc2)cc1I. The molecule has 7 nitrogen and oxygen atoms in total. The lowest BCUT2D eigenvalue weighted by Crippen LogP contribution is -2.48. The van der Waals surface area contributed by atoms with Gasteiger partial charge in [0, 0.05) is 26.3 Å². The largest absolute Gasteiger partial charge is 0.326 e. The maximum Gasteiger partial charge on any atom is 0.269 e. The van der Waals surface area contributed by atoms with Crippen molar-refractivity contribution in [3.63, 3.8) is 0 Å². The summed E-state index contributed by atoms with van der Waals surface area (Å²) in [6, 6.07) is 11.8. The maximum absolute atomic E-state index is 12.2. The van der Waals surface area contributed by atoms with Gasteiger partial charge >= 0.3 is 0 Å². The Hall–Kier alpha value is -2.53. The summed E-state index contributed by atoms with van der Waals surface area (Å²) in [6.07, 6.45) is 1.86. The number of hydrogen-bond acceptors (Lipinski definition) is 4. The van der Waals surface area contributed by atoms with Gasteiger partial charge in [-0.1, -0.05) is 6.07 Å². The molecule has 3 amide bonds. The van der Waals surface area contributed by atoms with Crippen LogP contribution in [0.15, 0.2) is 42.5 Å². The van der Waals surface area contributed by atoms with Crippen molar-refractivity contribution in [2.75, 3.05) is 5.32 Å². The molecule has 3 rings (SSSR count). The van der Waals surface area contributed by atoms with E-state index >= 15 is 0 Å². The normalized spacial score (nSPS) is 12.6. The Labute approximate surface area is 187 Å². The smallest absolute Gasteiger partial charge is 0.269 e. The van der Waals surface area contributed by atoms with Crippen LogP contribution in [0.25, 0.3) is 0 Å². The first-order valence-electron chi connectivity index (χ1n) is 8.92. The summed E-state index contributed by atoms with van der Waals surface area (Å²) < 4.78 is 0.971. The summed E-state index contributed by atoms with van der Waals surface area (Å²) in [5, 5.41) is 5.30. The van der Waals surface area contributed by atoms with E-state index in [0.717, 1.165) is 22.0 Å². The number of nitrogens with one attached hydrogen (secondary N) is 4. The number of halogens is 1. The second-order valence-corrected chi connectivity index (χ2v) is 8.24. The van der Waals surface area contributed by atoms with E-state index in [9.17, 15) is 14.4 Å². The number of hydrazine groups is 1. The van der Waals surface area contributed by atoms with Crippen LogP contribution in [0.1, 0.15) is 39.1 Å². The summed E-state index contributed by atoms with van der Waals surface area (Å²) in [6.45, 7) is 1.96. The van der Waals surface area contributed by atoms with Crippen LogP contribution >= 0.6 is 34.8 Å². The van der Waals surface area contributed by atoms with Crippen LogP contribution in [0, 0.1) is 16.4 Å². The molecule has 0 unspecified atom stereocenters. The summed E-state index contributed by atoms with van der Waals surface area (Å²) in [4.78, 5) is 36.2. The van der Waals surface area contributed by atoms with Crippen LogP contribution in [0.2, 0.25) is 0 Å². The first-order chi connectivity index (χ1) is 13.8. The van der Waals surface area contributed by atoms with Gasteiger partial charge in [0.1, 0.15) is 0 Å². The molecule has 0 radical (unpaired) electrons. The Kier molecular flexibility index (Phi) is 6.80. The van der Waals surface area contributed by atoms with Gasteiger partial charge in [0.25, 0.3) is 11.8 Å². The molecule has 0 atom stereocenters. The van der Waals surface area contributed by atoms with E-state index in [1.54, 1.807) is 36.4 Å². The third-order valence-corrected chi connectivity index (χ3v) is 5.68. The number of anilines is 1. The molecule has 0 saturated heterocycles. The van der Waals surface area contributed by atoms with E-state index < -0.39 is 5.91 Å². The average molecular weight is 522 g/mol. The third-order valence-electron chi connectivity index (χ3n) is 4.31. The Balaban J connectivity index is 1.47. The molecule has 1 fully saturated rings. The summed E-state index contributed by atoms with van der Waals surface area (Å²) in [5.74, 6) is -0.674. The summed E-state index contributed by atoms with van der Waals surface area (Å²) in [5.41, 5.74) is 7.50. The topological polar surface area (TPSA) is 99.3 Å². The lowest BCUT2D eigenvalue weighted by atomic mass is 10.1. The molecule has 1 saturated carbocycles. The highest BCUT2D eigenvalue weighted by Crippen LogP contribution is 2.30. The maximum atomic E-state index is 12.2. The Morgan fingerprint density at radius 2 is 1.62 bits per heavy atom. The molecular weight excluding hydrogens is 503 g/mol. The lowest BCUT2D eigenvalue weighted by Gasteiger charge is -2.11. The van der Waals surface area contributed by atoms with Crippen LogP contribution in [-0.2, 0) is 4.79 Å². The van der Waals surface area contributed by atoms with Crippen molar-refractivity contribution >= 4 is 63.3 Å². The minimum Gasteiger partial charge on any atom is -0.326 e. The number of aryl methyl sites for hydroxylation is 1. The van der Waals surface area contributed by atoms with Crippen molar-refractivity contribution in [1.29, 1.82) is 0 Å². The lowest BCUT2D eigenvalue weighted by molar-refractivity contribution is -0.117. The van der Waals surface area contributed by atoms with E-state index in [1.807, 2.05) is 13.0 Å². The van der Waals surface area contributed by atoms with Crippen LogP contribution < -0.4 is 21.5 Å². The summed E-state index contributed by atoms with van der Waals surface area (Å²) in [7, 11) is 0. The van der Waals surface area contributed by atoms with Crippen molar-refractivity contribution in [3.05, 3.63) is 62.7 Å². The number of benzene rings is 2. The number of thiocarbonyl (C=S) groups is 1. The molecule has 150 valence electrons. The molecule has 2 aromatic carbocycles. The van der Waals surface area contributed by atoms with Gasteiger partial charge in [0.15, 0.2) is 5.11 Å². The van der Waals surface area contributed by atoms with Gasteiger partial charge in [-0.15, -0.1) is 0 Å². The van der Waals surface area contributed by atoms with Crippen LogP contribution in [0.3, 0.4) is 0 Å². The molecule has 0 spiro atoms. The van der Waals surface area contributed by atoms with Crippen LogP contribution in [-0.4, -0.2) is 22.8 Å². The van der Waals surface area contributed by atoms with Crippen molar-refractivity contribution in [2.45, 2.75) is 19.8 Å². The van der Waals surface area contributed by atoms with Gasteiger partial charge in [0.2, 0.25) is 5.91 Å². The molecule has 1 aliphatic rings. The Morgan fingerprint density at radius 3 is 2.24 bits per heavy atom. The predicted octanol–water partition coefficient (Wildman–Crippen LogP) is 2.90. The highest BCUT2D eigenvalue weighted by Gasteiger charge is 2.29. The van der Waals surface area contributed by atoms with Gasteiger partial charge in [-0.3, -0.25) is 30.6 Å². The fourth-order valence-electron chi connectivity index (χ4n) is 2.42. The molecule has 29 heavy (non-hydrogen) atoms. The minimum atomic E-state index is -0.424. The average Bonchev–Trinajstić information content (AvgIpc) is 3.54. The Morgan fingerprint density at radius 1 is 0.966 bits per heavy atom. The fourth-order valence-corrected chi connectivity index (χ4v) is 3.08. The molecule has 2 aromatic rings. The van der Waals surface area contributed by atoms with Crippen molar-refractivity contribution in [1.82, 2.24) is 16.2 Å². The number of carbonyl (C=O) groups is 3. The van der Waals surface area contributed by atoms with Crippen molar-refractivity contribution in [3.8, 4) is 0 Å². The fraction of sp³-hybridized carbons (Fsp3) is 0.200. The monoisotopic (exact) mass is 522 g/mol. The second-order valence-electron chi connectivity index (χ2n) is 6.67. The zero-order chi connectivity index (χ0) is 21.0. The van der Waals surface area contributed by atoms with Crippen LogP contribution in [0.5, 0.6) is 0 Å². The number of hydrogen-bond donors (Lipinski definition) is 4. The number of amides is 3. The molecule has 1 aliphatic carbocycles. The molecule has 9 heteroatoms.